The van der Waals surface area contributed by atoms with E-state index in [0.29, 0.717) is 16.9 Å². The van der Waals surface area contributed by atoms with Crippen molar-refractivity contribution in [2.24, 2.45) is 0 Å². The molecule has 0 spiro atoms. The first kappa shape index (κ1) is 31.4. The van der Waals surface area contributed by atoms with E-state index in [1.807, 2.05) is 30.3 Å². The van der Waals surface area contributed by atoms with Crippen LogP contribution in [0.2, 0.25) is 0 Å². The van der Waals surface area contributed by atoms with Crippen LogP contribution < -0.4 is 16.0 Å². The number of carbonyl (C=O) groups is 3. The van der Waals surface area contributed by atoms with Gasteiger partial charge < -0.3 is 16.0 Å². The van der Waals surface area contributed by atoms with E-state index in [0.717, 1.165) is 10.5 Å². The van der Waals surface area contributed by atoms with Gasteiger partial charge in [0.2, 0.25) is 5.91 Å². The number of para-hydroxylation sites is 1. The van der Waals surface area contributed by atoms with Crippen molar-refractivity contribution in [3.63, 3.8) is 0 Å². The molecular weight excluding hydrogens is 602 g/mol. The van der Waals surface area contributed by atoms with E-state index in [4.69, 9.17) is 0 Å². The number of carbonyl (C=O) groups excluding carboxylic acids is 3. The van der Waals surface area contributed by atoms with Gasteiger partial charge in [-0.2, -0.15) is 0 Å². The predicted octanol–water partition coefficient (Wildman–Crippen LogP) is 6.87. The number of hydrogen-bond acceptors (Lipinski definition) is 7. The summed E-state index contributed by atoms with van der Waals surface area (Å²) in [5, 5.41) is 19.3. The Hall–Kier alpha value is -6.07. The highest BCUT2D eigenvalue weighted by Gasteiger charge is 2.23. The number of anilines is 2. The predicted molar refractivity (Wildman–Crippen MR) is 178 cm³/mol. The Labute approximate surface area is 268 Å². The molecule has 1 atom stereocenters. The van der Waals surface area contributed by atoms with Gasteiger partial charge >= 0.3 is 0 Å². The summed E-state index contributed by atoms with van der Waals surface area (Å²) in [6.45, 7) is 0. The molecule has 0 bridgehead atoms. The second-order valence-electron chi connectivity index (χ2n) is 9.81. The monoisotopic (exact) mass is 629 g/mol. The molecular formula is C35H27N5O5S. The van der Waals surface area contributed by atoms with Crippen LogP contribution in [-0.2, 0) is 9.59 Å². The molecule has 46 heavy (non-hydrogen) atoms. The number of nitrogens with zero attached hydrogens (tertiary/aromatic N) is 2. The Balaban J connectivity index is 1.35. The third-order valence-corrected chi connectivity index (χ3v) is 7.88. The van der Waals surface area contributed by atoms with Crippen molar-refractivity contribution < 1.29 is 19.3 Å². The lowest BCUT2D eigenvalue weighted by Gasteiger charge is -2.17. The largest absolute Gasteiger partial charge is 0.325 e. The van der Waals surface area contributed by atoms with Gasteiger partial charge in [0, 0.05) is 40.3 Å². The molecule has 0 aliphatic heterocycles. The normalized spacial score (nSPS) is 11.6. The van der Waals surface area contributed by atoms with Gasteiger partial charge in [-0.3, -0.25) is 29.5 Å². The number of hydrogen-bond donors (Lipinski definition) is 3. The van der Waals surface area contributed by atoms with Crippen LogP contribution in [0.1, 0.15) is 26.7 Å². The lowest BCUT2D eigenvalue weighted by molar-refractivity contribution is -0.385. The Kier molecular flexibility index (Phi) is 10.3. The Morgan fingerprint density at radius 3 is 2.02 bits per heavy atom. The summed E-state index contributed by atoms with van der Waals surface area (Å²) in [6.07, 6.45) is 4.47. The van der Waals surface area contributed by atoms with Crippen LogP contribution in [0, 0.1) is 10.1 Å². The maximum atomic E-state index is 13.4. The highest BCUT2D eigenvalue weighted by atomic mass is 32.2. The maximum absolute atomic E-state index is 13.4. The zero-order valence-corrected chi connectivity index (χ0v) is 25.0. The molecule has 11 heteroatoms. The summed E-state index contributed by atoms with van der Waals surface area (Å²) in [6, 6.07) is 33.9. The lowest BCUT2D eigenvalue weighted by atomic mass is 10.1. The molecule has 1 unspecified atom stereocenters. The van der Waals surface area contributed by atoms with E-state index in [1.165, 1.54) is 36.0 Å². The maximum Gasteiger partial charge on any atom is 0.276 e. The summed E-state index contributed by atoms with van der Waals surface area (Å²) in [5.41, 5.74) is 1.91. The number of pyridine rings is 1. The SMILES string of the molecule is O=C(Nc1ccc(SC(C(=O)Nc2ccncc2)c2ccccc2)cc1)/C(=C/c1ccccc1[N+](=O)[O-])NC(=O)c1ccccc1. The van der Waals surface area contributed by atoms with E-state index >= 15 is 0 Å². The Morgan fingerprint density at radius 1 is 0.739 bits per heavy atom. The molecule has 0 radical (unpaired) electrons. The molecule has 3 amide bonds. The first-order chi connectivity index (χ1) is 22.4. The van der Waals surface area contributed by atoms with Crippen molar-refractivity contribution in [3.8, 4) is 0 Å². The number of thioether (sulfide) groups is 1. The molecule has 0 fully saturated rings. The van der Waals surface area contributed by atoms with Crippen LogP contribution >= 0.6 is 11.8 Å². The highest BCUT2D eigenvalue weighted by Crippen LogP contribution is 2.36. The molecule has 1 aromatic heterocycles. The van der Waals surface area contributed by atoms with E-state index in [1.54, 1.807) is 85.2 Å². The van der Waals surface area contributed by atoms with E-state index in [2.05, 4.69) is 20.9 Å². The zero-order chi connectivity index (χ0) is 32.3. The zero-order valence-electron chi connectivity index (χ0n) is 24.2. The molecule has 5 aromatic rings. The fraction of sp³-hybridized carbons (Fsp3) is 0.0286. The van der Waals surface area contributed by atoms with Gasteiger partial charge in [-0.15, -0.1) is 11.8 Å². The summed E-state index contributed by atoms with van der Waals surface area (Å²) in [7, 11) is 0. The number of rotatable bonds is 11. The molecule has 10 nitrogen and oxygen atoms in total. The van der Waals surface area contributed by atoms with Crippen molar-refractivity contribution in [2.45, 2.75) is 10.1 Å². The summed E-state index contributed by atoms with van der Waals surface area (Å²) >= 11 is 1.34. The van der Waals surface area contributed by atoms with Gasteiger partial charge in [0.1, 0.15) is 10.9 Å². The van der Waals surface area contributed by atoms with E-state index in [-0.39, 0.29) is 22.9 Å². The second-order valence-corrected chi connectivity index (χ2v) is 11.0. The standard InChI is InChI=1S/C35H27N5O5S/c41-33(25-11-5-2-6-12-25)39-30(23-26-13-7-8-14-31(26)40(44)45)34(42)37-27-15-17-29(18-16-27)46-32(24-9-3-1-4-10-24)35(43)38-28-19-21-36-22-20-28/h1-23,32H,(H,37,42)(H,39,41)(H,36,38,43)/b30-23-. The fourth-order valence-corrected chi connectivity index (χ4v) is 5.39. The van der Waals surface area contributed by atoms with Gasteiger partial charge in [0.05, 0.1) is 10.5 Å². The Bertz CT molecular complexity index is 1870. The molecule has 0 aliphatic carbocycles. The smallest absolute Gasteiger partial charge is 0.276 e. The van der Waals surface area contributed by atoms with Crippen molar-refractivity contribution >= 4 is 52.6 Å². The van der Waals surface area contributed by atoms with Crippen molar-refractivity contribution in [2.75, 3.05) is 10.6 Å². The van der Waals surface area contributed by atoms with Gasteiger partial charge in [-0.1, -0.05) is 60.7 Å². The molecule has 4 aromatic carbocycles. The van der Waals surface area contributed by atoms with Crippen LogP contribution in [0.4, 0.5) is 17.1 Å². The van der Waals surface area contributed by atoms with Gasteiger partial charge in [0.25, 0.3) is 17.5 Å². The average molecular weight is 630 g/mol. The lowest BCUT2D eigenvalue weighted by Crippen LogP contribution is -2.30. The average Bonchev–Trinajstić information content (AvgIpc) is 3.09. The van der Waals surface area contributed by atoms with Crippen molar-refractivity contribution in [1.82, 2.24) is 10.3 Å². The van der Waals surface area contributed by atoms with Gasteiger partial charge in [-0.05, 0) is 66.2 Å². The van der Waals surface area contributed by atoms with Gasteiger partial charge in [-0.25, -0.2) is 0 Å². The second kappa shape index (κ2) is 15.1. The number of aromatic nitrogens is 1. The minimum absolute atomic E-state index is 0.148. The minimum atomic E-state index is -0.679. The summed E-state index contributed by atoms with van der Waals surface area (Å²) in [4.78, 5) is 55.5. The van der Waals surface area contributed by atoms with Crippen LogP contribution in [-0.4, -0.2) is 27.6 Å². The molecule has 5 rings (SSSR count). The van der Waals surface area contributed by atoms with E-state index in [9.17, 15) is 24.5 Å². The summed E-state index contributed by atoms with van der Waals surface area (Å²) < 4.78 is 0. The molecule has 0 saturated heterocycles. The molecule has 0 saturated carbocycles. The van der Waals surface area contributed by atoms with Crippen LogP contribution in [0.5, 0.6) is 0 Å². The molecule has 228 valence electrons. The molecule has 0 aliphatic rings. The van der Waals surface area contributed by atoms with Crippen LogP contribution in [0.25, 0.3) is 6.08 Å². The Morgan fingerprint density at radius 2 is 1.35 bits per heavy atom. The van der Waals surface area contributed by atoms with Gasteiger partial charge in [0.15, 0.2) is 0 Å². The quantitative estimate of drug-likeness (QED) is 0.0626. The van der Waals surface area contributed by atoms with Crippen molar-refractivity contribution in [3.05, 3.63) is 166 Å². The topological polar surface area (TPSA) is 143 Å². The third kappa shape index (κ3) is 8.30. The summed E-state index contributed by atoms with van der Waals surface area (Å²) in [5.74, 6) is -1.44. The number of nitrogens with one attached hydrogen (secondary N) is 3. The van der Waals surface area contributed by atoms with Crippen LogP contribution in [0.3, 0.4) is 0 Å². The third-order valence-electron chi connectivity index (χ3n) is 6.62. The number of nitro groups is 1. The van der Waals surface area contributed by atoms with Crippen molar-refractivity contribution in [1.29, 1.82) is 0 Å². The van der Waals surface area contributed by atoms with E-state index < -0.39 is 22.0 Å². The number of nitro benzene ring substituents is 1. The molecule has 3 N–H and O–H groups in total. The van der Waals surface area contributed by atoms with Crippen LogP contribution in [0.15, 0.2) is 144 Å². The first-order valence-corrected chi connectivity index (χ1v) is 14.9. The number of amides is 3. The molecule has 1 heterocycles. The minimum Gasteiger partial charge on any atom is -0.325 e. The first-order valence-electron chi connectivity index (χ1n) is 14.0. The highest BCUT2D eigenvalue weighted by molar-refractivity contribution is 8.00. The number of benzene rings is 4. The fourth-order valence-electron chi connectivity index (χ4n) is 4.37.